The van der Waals surface area contributed by atoms with Crippen molar-refractivity contribution in [3.8, 4) is 0 Å². The second-order valence-corrected chi connectivity index (χ2v) is 6.62. The number of fused-ring (bicyclic) bond motifs is 2. The molecule has 0 bridgehead atoms. The highest BCUT2D eigenvalue weighted by Gasteiger charge is 2.19. The Morgan fingerprint density at radius 2 is 1.78 bits per heavy atom. The number of nitrogens with zero attached hydrogens (tertiary/aromatic N) is 7. The summed E-state index contributed by atoms with van der Waals surface area (Å²) in [6, 6.07) is 0. The minimum atomic E-state index is -0.584. The Labute approximate surface area is 150 Å². The van der Waals surface area contributed by atoms with E-state index in [4.69, 9.17) is 5.73 Å². The minimum absolute atomic E-state index is 0.0526. The maximum atomic E-state index is 12.3. The van der Waals surface area contributed by atoms with Gasteiger partial charge in [0.2, 0.25) is 5.95 Å². The van der Waals surface area contributed by atoms with Crippen LogP contribution in [0.1, 0.15) is 13.8 Å². The van der Waals surface area contributed by atoms with Crippen LogP contribution in [0.2, 0.25) is 0 Å². The number of imidazole rings is 2. The molecular formula is C15H17N9O3. The molecule has 0 aliphatic carbocycles. The first kappa shape index (κ1) is 16.8. The van der Waals surface area contributed by atoms with Crippen LogP contribution in [0.3, 0.4) is 0 Å². The quantitative estimate of drug-likeness (QED) is 0.463. The van der Waals surface area contributed by atoms with Crippen molar-refractivity contribution in [3.05, 3.63) is 43.8 Å². The van der Waals surface area contributed by atoms with Gasteiger partial charge in [-0.05, 0) is 5.92 Å². The van der Waals surface area contributed by atoms with E-state index in [0.717, 1.165) is 4.57 Å². The van der Waals surface area contributed by atoms with E-state index in [1.165, 1.54) is 29.1 Å². The van der Waals surface area contributed by atoms with Gasteiger partial charge in [-0.1, -0.05) is 13.8 Å². The van der Waals surface area contributed by atoms with Crippen LogP contribution in [-0.4, -0.2) is 38.4 Å². The summed E-state index contributed by atoms with van der Waals surface area (Å²) in [6.07, 6.45) is 2.75. The van der Waals surface area contributed by atoms with Gasteiger partial charge in [-0.15, -0.1) is 0 Å². The number of anilines is 1. The second kappa shape index (κ2) is 5.65. The molecular weight excluding hydrogens is 354 g/mol. The number of nitrogens with one attached hydrogen (secondary N) is 1. The summed E-state index contributed by atoms with van der Waals surface area (Å²) in [7, 11) is 1.36. The van der Waals surface area contributed by atoms with Gasteiger partial charge in [-0.2, -0.15) is 4.98 Å². The number of aromatic nitrogens is 8. The number of H-pyrrole nitrogens is 1. The molecule has 0 fully saturated rings. The Balaban J connectivity index is 2.12. The Hall–Kier alpha value is -3.70. The number of hydrogen-bond donors (Lipinski definition) is 2. The third-order valence-electron chi connectivity index (χ3n) is 4.24. The predicted octanol–water partition coefficient (Wildman–Crippen LogP) is -1.12. The molecule has 4 aromatic heterocycles. The fourth-order valence-electron chi connectivity index (χ4n) is 2.98. The molecule has 4 aromatic rings. The van der Waals surface area contributed by atoms with Crippen LogP contribution >= 0.6 is 0 Å². The Bertz CT molecular complexity index is 1370. The van der Waals surface area contributed by atoms with Crippen LogP contribution in [0.5, 0.6) is 0 Å². The van der Waals surface area contributed by atoms with Crippen LogP contribution in [0, 0.1) is 5.92 Å². The lowest BCUT2D eigenvalue weighted by molar-refractivity contribution is 0.521. The van der Waals surface area contributed by atoms with Gasteiger partial charge in [0.05, 0.1) is 0 Å². The summed E-state index contributed by atoms with van der Waals surface area (Å²) in [5, 5.41) is 0. The molecule has 27 heavy (non-hydrogen) atoms. The number of aromatic amines is 1. The third kappa shape index (κ3) is 2.37. The maximum Gasteiger partial charge on any atom is 0.329 e. The number of rotatable bonds is 3. The Morgan fingerprint density at radius 3 is 2.48 bits per heavy atom. The van der Waals surface area contributed by atoms with Crippen molar-refractivity contribution in [3.63, 3.8) is 0 Å². The molecule has 0 spiro atoms. The highest BCUT2D eigenvalue weighted by Crippen LogP contribution is 2.16. The van der Waals surface area contributed by atoms with Gasteiger partial charge in [-0.3, -0.25) is 23.7 Å². The zero-order valence-corrected chi connectivity index (χ0v) is 14.9. The van der Waals surface area contributed by atoms with Crippen LogP contribution in [-0.2, 0) is 13.6 Å². The average molecular weight is 371 g/mol. The van der Waals surface area contributed by atoms with Gasteiger partial charge in [-0.25, -0.2) is 24.1 Å². The average Bonchev–Trinajstić information content (AvgIpc) is 3.20. The molecule has 0 saturated heterocycles. The standard InChI is InChI=1S/C15H17N9O3/c1-7(2)4-22-12-9(11(25)20-14(22)16)18-6-24(12)23-5-17-8-10(23)19-15(27)21(3)13(8)26/h5-7H,4H2,1-3H3,(H,19,27)(H2,16,20,25). The van der Waals surface area contributed by atoms with Gasteiger partial charge >= 0.3 is 11.2 Å². The second-order valence-electron chi connectivity index (χ2n) is 6.62. The van der Waals surface area contributed by atoms with Gasteiger partial charge in [0.1, 0.15) is 12.7 Å². The largest absolute Gasteiger partial charge is 0.369 e. The summed E-state index contributed by atoms with van der Waals surface area (Å²) in [6.45, 7) is 4.49. The normalized spacial score (nSPS) is 11.9. The van der Waals surface area contributed by atoms with E-state index in [1.54, 1.807) is 4.57 Å². The van der Waals surface area contributed by atoms with Crippen molar-refractivity contribution in [2.75, 3.05) is 5.73 Å². The fourth-order valence-corrected chi connectivity index (χ4v) is 2.98. The number of hydrogen-bond acceptors (Lipinski definition) is 7. The van der Waals surface area contributed by atoms with Crippen molar-refractivity contribution in [1.82, 2.24) is 38.4 Å². The van der Waals surface area contributed by atoms with E-state index in [2.05, 4.69) is 19.9 Å². The molecule has 0 unspecified atom stereocenters. The molecule has 0 aliphatic heterocycles. The maximum absolute atomic E-state index is 12.3. The smallest absolute Gasteiger partial charge is 0.329 e. The highest BCUT2D eigenvalue weighted by atomic mass is 16.2. The first-order chi connectivity index (χ1) is 12.8. The first-order valence-electron chi connectivity index (χ1n) is 8.20. The highest BCUT2D eigenvalue weighted by molar-refractivity contribution is 5.74. The number of nitrogens with two attached hydrogens (primary N) is 1. The minimum Gasteiger partial charge on any atom is -0.369 e. The SMILES string of the molecule is CC(C)Cn1c(N)nc(=O)c2ncn(-n3cnc4c(=O)n(C)c(=O)[nH]c43)c21. The topological polar surface area (TPSA) is 151 Å². The Kier molecular flexibility index (Phi) is 3.51. The van der Waals surface area contributed by atoms with E-state index >= 15 is 0 Å². The van der Waals surface area contributed by atoms with Gasteiger partial charge < -0.3 is 5.73 Å². The molecule has 0 amide bonds. The monoisotopic (exact) mass is 371 g/mol. The van der Waals surface area contributed by atoms with Crippen molar-refractivity contribution in [2.24, 2.45) is 13.0 Å². The lowest BCUT2D eigenvalue weighted by Gasteiger charge is -2.15. The van der Waals surface area contributed by atoms with Crippen molar-refractivity contribution < 1.29 is 0 Å². The molecule has 0 atom stereocenters. The van der Waals surface area contributed by atoms with E-state index in [9.17, 15) is 14.4 Å². The fraction of sp³-hybridized carbons (Fsp3) is 0.333. The van der Waals surface area contributed by atoms with E-state index in [1.807, 2.05) is 13.8 Å². The summed E-state index contributed by atoms with van der Waals surface area (Å²) in [5.74, 6) is 0.270. The molecule has 12 heteroatoms. The first-order valence-corrected chi connectivity index (χ1v) is 8.20. The molecule has 140 valence electrons. The molecule has 0 radical (unpaired) electrons. The van der Waals surface area contributed by atoms with Crippen molar-refractivity contribution in [2.45, 2.75) is 20.4 Å². The van der Waals surface area contributed by atoms with Gasteiger partial charge in [0.25, 0.3) is 5.56 Å². The molecule has 3 N–H and O–H groups in total. The molecule has 0 saturated carbocycles. The third-order valence-corrected chi connectivity index (χ3v) is 4.24. The molecule has 0 aliphatic rings. The lowest BCUT2D eigenvalue weighted by atomic mass is 10.2. The van der Waals surface area contributed by atoms with Crippen LogP contribution < -0.4 is 22.5 Å². The predicted molar refractivity (Wildman–Crippen MR) is 97.4 cm³/mol. The summed E-state index contributed by atoms with van der Waals surface area (Å²) >= 11 is 0. The zero-order chi connectivity index (χ0) is 19.5. The number of nitrogen functional groups attached to an aromatic ring is 1. The summed E-state index contributed by atoms with van der Waals surface area (Å²) < 4.78 is 5.53. The van der Waals surface area contributed by atoms with Crippen LogP contribution in [0.15, 0.2) is 27.0 Å². The van der Waals surface area contributed by atoms with Crippen LogP contribution in [0.25, 0.3) is 22.3 Å². The summed E-state index contributed by atoms with van der Waals surface area (Å²) in [5.41, 5.74) is 5.08. The van der Waals surface area contributed by atoms with E-state index in [-0.39, 0.29) is 28.5 Å². The molecule has 0 aromatic carbocycles. The van der Waals surface area contributed by atoms with Crippen molar-refractivity contribution >= 4 is 28.3 Å². The lowest BCUT2D eigenvalue weighted by Crippen LogP contribution is -2.33. The molecule has 12 nitrogen and oxygen atoms in total. The van der Waals surface area contributed by atoms with Gasteiger partial charge in [0, 0.05) is 13.6 Å². The van der Waals surface area contributed by atoms with E-state index in [0.29, 0.717) is 12.2 Å². The molecule has 4 heterocycles. The molecule has 4 rings (SSSR count). The van der Waals surface area contributed by atoms with Crippen LogP contribution in [0.4, 0.5) is 5.95 Å². The van der Waals surface area contributed by atoms with Gasteiger partial charge in [0.15, 0.2) is 22.3 Å². The zero-order valence-electron chi connectivity index (χ0n) is 14.9. The summed E-state index contributed by atoms with van der Waals surface area (Å²) in [4.78, 5) is 51.2. The van der Waals surface area contributed by atoms with E-state index < -0.39 is 16.8 Å². The Morgan fingerprint density at radius 1 is 1.11 bits per heavy atom. The van der Waals surface area contributed by atoms with Crippen molar-refractivity contribution in [1.29, 1.82) is 0 Å².